The van der Waals surface area contributed by atoms with E-state index in [1.165, 1.54) is 6.07 Å². The van der Waals surface area contributed by atoms with Crippen molar-refractivity contribution in [2.75, 3.05) is 11.6 Å². The average Bonchev–Trinajstić information content (AvgIpc) is 2.54. The van der Waals surface area contributed by atoms with Crippen LogP contribution in [0.5, 0.6) is 0 Å². The van der Waals surface area contributed by atoms with E-state index >= 15 is 0 Å². The smallest absolute Gasteiger partial charge is 0.256 e. The van der Waals surface area contributed by atoms with Gasteiger partial charge in [0.15, 0.2) is 0 Å². The maximum atomic E-state index is 12.6. The fourth-order valence-electron chi connectivity index (χ4n) is 2.33. The third kappa shape index (κ3) is 2.76. The van der Waals surface area contributed by atoms with E-state index in [9.17, 15) is 9.59 Å². The topological polar surface area (TPSA) is 62.0 Å². The molecule has 5 heteroatoms. The molecule has 1 heterocycles. The van der Waals surface area contributed by atoms with Gasteiger partial charge >= 0.3 is 0 Å². The molecule has 1 amide bonds. The summed E-state index contributed by atoms with van der Waals surface area (Å²) in [6.45, 7) is 0. The monoisotopic (exact) mass is 310 g/mol. The van der Waals surface area contributed by atoms with Crippen molar-refractivity contribution in [3.8, 4) is 0 Å². The third-order valence-electron chi connectivity index (χ3n) is 3.35. The molecule has 3 aromatic rings. The number of anilines is 1. The van der Waals surface area contributed by atoms with E-state index in [4.69, 9.17) is 0 Å². The molecule has 0 atom stereocenters. The third-order valence-corrected chi connectivity index (χ3v) is 4.15. The van der Waals surface area contributed by atoms with E-state index in [0.29, 0.717) is 11.1 Å². The number of nitrogens with one attached hydrogen (secondary N) is 2. The van der Waals surface area contributed by atoms with Crippen molar-refractivity contribution >= 4 is 34.3 Å². The molecule has 0 unspecified atom stereocenters. The Balaban J connectivity index is 2.04. The van der Waals surface area contributed by atoms with Crippen molar-refractivity contribution in [1.29, 1.82) is 0 Å². The molecule has 0 spiro atoms. The van der Waals surface area contributed by atoms with E-state index in [1.807, 2.05) is 48.7 Å². The Hall–Kier alpha value is -2.53. The summed E-state index contributed by atoms with van der Waals surface area (Å²) in [6.07, 6.45) is 1.95. The predicted octanol–water partition coefficient (Wildman–Crippen LogP) is 3.50. The number of hydrogen-bond donors (Lipinski definition) is 2. The molecule has 110 valence electrons. The number of pyridine rings is 1. The van der Waals surface area contributed by atoms with Gasteiger partial charge in [0.05, 0.1) is 11.3 Å². The van der Waals surface area contributed by atoms with Gasteiger partial charge in [-0.15, -0.1) is 11.8 Å². The van der Waals surface area contributed by atoms with Crippen LogP contribution in [0.15, 0.2) is 64.3 Å². The summed E-state index contributed by atoms with van der Waals surface area (Å²) >= 11 is 1.56. The quantitative estimate of drug-likeness (QED) is 0.728. The van der Waals surface area contributed by atoms with Crippen LogP contribution in [0.2, 0.25) is 0 Å². The highest BCUT2D eigenvalue weighted by atomic mass is 32.2. The van der Waals surface area contributed by atoms with Crippen LogP contribution in [0, 0.1) is 0 Å². The molecule has 0 fully saturated rings. The maximum Gasteiger partial charge on any atom is 0.256 e. The van der Waals surface area contributed by atoms with Crippen LogP contribution in [0.25, 0.3) is 10.9 Å². The standard InChI is InChI=1S/C17H14N2O2S/c1-22-15-9-5-4-8-14(15)19-17(21)12-10-16(20)18-13-7-3-2-6-11(12)13/h2-10H,1H3,(H,18,20)(H,19,21). The molecule has 2 aromatic carbocycles. The summed E-state index contributed by atoms with van der Waals surface area (Å²) in [6, 6.07) is 16.2. The first-order chi connectivity index (χ1) is 10.7. The number of H-pyrrole nitrogens is 1. The minimum absolute atomic E-state index is 0.288. The van der Waals surface area contributed by atoms with E-state index in [-0.39, 0.29) is 11.5 Å². The minimum Gasteiger partial charge on any atom is -0.322 e. The van der Waals surface area contributed by atoms with Crippen LogP contribution >= 0.6 is 11.8 Å². The van der Waals surface area contributed by atoms with Gasteiger partial charge < -0.3 is 10.3 Å². The number of aromatic amines is 1. The molecular weight excluding hydrogens is 296 g/mol. The van der Waals surface area contributed by atoms with Crippen LogP contribution in [0.4, 0.5) is 5.69 Å². The first kappa shape index (κ1) is 14.4. The molecule has 4 nitrogen and oxygen atoms in total. The Morgan fingerprint density at radius 1 is 1.09 bits per heavy atom. The highest BCUT2D eigenvalue weighted by Crippen LogP contribution is 2.25. The van der Waals surface area contributed by atoms with Crippen LogP contribution in [0.1, 0.15) is 10.4 Å². The number of para-hydroxylation sites is 2. The van der Waals surface area contributed by atoms with Gasteiger partial charge in [0.25, 0.3) is 5.91 Å². The van der Waals surface area contributed by atoms with Crippen molar-refractivity contribution in [3.63, 3.8) is 0 Å². The Morgan fingerprint density at radius 3 is 2.64 bits per heavy atom. The number of fused-ring (bicyclic) bond motifs is 1. The molecule has 2 N–H and O–H groups in total. The van der Waals surface area contributed by atoms with Crippen LogP contribution in [-0.2, 0) is 0 Å². The molecule has 0 saturated carbocycles. The largest absolute Gasteiger partial charge is 0.322 e. The zero-order valence-corrected chi connectivity index (χ0v) is 12.7. The molecule has 0 aliphatic heterocycles. The fourth-order valence-corrected chi connectivity index (χ4v) is 2.88. The highest BCUT2D eigenvalue weighted by molar-refractivity contribution is 7.98. The van der Waals surface area contributed by atoms with Crippen molar-refractivity contribution in [3.05, 3.63) is 70.5 Å². The van der Waals surface area contributed by atoms with Crippen molar-refractivity contribution in [1.82, 2.24) is 4.98 Å². The van der Waals surface area contributed by atoms with Gasteiger partial charge in [-0.1, -0.05) is 30.3 Å². The van der Waals surface area contributed by atoms with Crippen LogP contribution in [0.3, 0.4) is 0 Å². The first-order valence-electron chi connectivity index (χ1n) is 6.75. The van der Waals surface area contributed by atoms with Crippen LogP contribution < -0.4 is 10.9 Å². The molecule has 0 aliphatic rings. The van der Waals surface area contributed by atoms with Gasteiger partial charge in [0, 0.05) is 21.9 Å². The predicted molar refractivity (Wildman–Crippen MR) is 90.7 cm³/mol. The number of amides is 1. The SMILES string of the molecule is CSc1ccccc1NC(=O)c1cc(=O)[nH]c2ccccc12. The minimum atomic E-state index is -0.290. The van der Waals surface area contributed by atoms with Crippen molar-refractivity contribution in [2.45, 2.75) is 4.90 Å². The molecular formula is C17H14N2O2S. The molecule has 0 saturated heterocycles. The van der Waals surface area contributed by atoms with Gasteiger partial charge in [-0.05, 0) is 24.5 Å². The Morgan fingerprint density at radius 2 is 1.82 bits per heavy atom. The number of aromatic nitrogens is 1. The van der Waals surface area contributed by atoms with Crippen molar-refractivity contribution < 1.29 is 4.79 Å². The summed E-state index contributed by atoms with van der Waals surface area (Å²) in [5.74, 6) is -0.288. The Bertz CT molecular complexity index is 902. The van der Waals surface area contributed by atoms with E-state index < -0.39 is 0 Å². The van der Waals surface area contributed by atoms with Crippen LogP contribution in [-0.4, -0.2) is 17.1 Å². The number of hydrogen-bond acceptors (Lipinski definition) is 3. The Kier molecular flexibility index (Phi) is 3.98. The number of thioether (sulfide) groups is 1. The van der Waals surface area contributed by atoms with Gasteiger partial charge in [-0.2, -0.15) is 0 Å². The molecule has 3 rings (SSSR count). The van der Waals surface area contributed by atoms with E-state index in [0.717, 1.165) is 16.0 Å². The van der Waals surface area contributed by atoms with Crippen molar-refractivity contribution in [2.24, 2.45) is 0 Å². The average molecular weight is 310 g/mol. The maximum absolute atomic E-state index is 12.6. The summed E-state index contributed by atoms with van der Waals surface area (Å²) in [7, 11) is 0. The molecule has 0 bridgehead atoms. The molecule has 1 aromatic heterocycles. The molecule has 0 radical (unpaired) electrons. The first-order valence-corrected chi connectivity index (χ1v) is 7.98. The second-order valence-corrected chi connectivity index (χ2v) is 5.60. The second kappa shape index (κ2) is 6.07. The lowest BCUT2D eigenvalue weighted by molar-refractivity contribution is 0.102. The lowest BCUT2D eigenvalue weighted by Gasteiger charge is -2.10. The van der Waals surface area contributed by atoms with E-state index in [2.05, 4.69) is 10.3 Å². The number of rotatable bonds is 3. The summed E-state index contributed by atoms with van der Waals surface area (Å²) in [4.78, 5) is 28.0. The summed E-state index contributed by atoms with van der Waals surface area (Å²) in [5, 5.41) is 3.61. The highest BCUT2D eigenvalue weighted by Gasteiger charge is 2.13. The Labute approximate surface area is 131 Å². The summed E-state index contributed by atoms with van der Waals surface area (Å²) in [5.41, 5.74) is 1.47. The fraction of sp³-hybridized carbons (Fsp3) is 0.0588. The zero-order valence-electron chi connectivity index (χ0n) is 11.9. The normalized spacial score (nSPS) is 10.6. The lowest BCUT2D eigenvalue weighted by atomic mass is 10.1. The number of carbonyl (C=O) groups is 1. The summed E-state index contributed by atoms with van der Waals surface area (Å²) < 4.78 is 0. The number of carbonyl (C=O) groups excluding carboxylic acids is 1. The van der Waals surface area contributed by atoms with Gasteiger partial charge in [0.1, 0.15) is 0 Å². The van der Waals surface area contributed by atoms with Gasteiger partial charge in [-0.25, -0.2) is 0 Å². The van der Waals surface area contributed by atoms with Gasteiger partial charge in [-0.3, -0.25) is 9.59 Å². The molecule has 0 aliphatic carbocycles. The molecule has 22 heavy (non-hydrogen) atoms. The number of benzene rings is 2. The second-order valence-electron chi connectivity index (χ2n) is 4.75. The lowest BCUT2D eigenvalue weighted by Crippen LogP contribution is -2.17. The van der Waals surface area contributed by atoms with E-state index in [1.54, 1.807) is 17.8 Å². The zero-order chi connectivity index (χ0) is 15.5. The van der Waals surface area contributed by atoms with Gasteiger partial charge in [0.2, 0.25) is 5.56 Å².